The average molecular weight is 296 g/mol. The van der Waals surface area contributed by atoms with E-state index in [1.165, 1.54) is 19.1 Å². The van der Waals surface area contributed by atoms with Crippen molar-refractivity contribution in [3.8, 4) is 0 Å². The number of rotatable bonds is 2. The molecule has 0 N–H and O–H groups in total. The molecule has 2 rings (SSSR count). The van der Waals surface area contributed by atoms with Crippen molar-refractivity contribution in [1.82, 2.24) is 0 Å². The van der Waals surface area contributed by atoms with Gasteiger partial charge in [0.25, 0.3) is 0 Å². The van der Waals surface area contributed by atoms with Gasteiger partial charge >= 0.3 is 6.18 Å². The maximum absolute atomic E-state index is 14.0. The zero-order chi connectivity index (χ0) is 15.8. The highest BCUT2D eigenvalue weighted by Crippen LogP contribution is 2.33. The van der Waals surface area contributed by atoms with E-state index in [0.717, 1.165) is 18.2 Å². The Bertz CT molecular complexity index is 679. The molecule has 110 valence electrons. The predicted molar refractivity (Wildman–Crippen MR) is 70.8 cm³/mol. The Kier molecular flexibility index (Phi) is 3.85. The topological polar surface area (TPSA) is 17.1 Å². The molecule has 5 heteroatoms. The van der Waals surface area contributed by atoms with Crippen LogP contribution in [0.2, 0.25) is 0 Å². The molecule has 0 heterocycles. The molecule has 2 aromatic rings. The summed E-state index contributed by atoms with van der Waals surface area (Å²) >= 11 is 0. The lowest BCUT2D eigenvalue weighted by molar-refractivity contribution is -0.137. The predicted octanol–water partition coefficient (Wildman–Crippen LogP) is 4.69. The second-order valence-electron chi connectivity index (χ2n) is 4.81. The van der Waals surface area contributed by atoms with E-state index in [-0.39, 0.29) is 5.56 Å². The van der Waals surface area contributed by atoms with Gasteiger partial charge in [0.05, 0.1) is 11.1 Å². The summed E-state index contributed by atoms with van der Waals surface area (Å²) in [4.78, 5) is 12.3. The molecule has 21 heavy (non-hydrogen) atoms. The van der Waals surface area contributed by atoms with Crippen LogP contribution in [0.3, 0.4) is 0 Å². The molecular weight excluding hydrogens is 284 g/mol. The Morgan fingerprint density at radius 2 is 1.67 bits per heavy atom. The Hall–Kier alpha value is -2.17. The van der Waals surface area contributed by atoms with E-state index in [4.69, 9.17) is 0 Å². The number of hydrogen-bond acceptors (Lipinski definition) is 1. The van der Waals surface area contributed by atoms with E-state index in [0.29, 0.717) is 11.1 Å². The number of carbonyl (C=O) groups excluding carboxylic acids is 1. The van der Waals surface area contributed by atoms with Crippen LogP contribution in [-0.2, 0) is 6.18 Å². The van der Waals surface area contributed by atoms with Crippen molar-refractivity contribution in [2.45, 2.75) is 20.0 Å². The highest BCUT2D eigenvalue weighted by molar-refractivity contribution is 6.11. The average Bonchev–Trinajstić information content (AvgIpc) is 2.36. The number of aryl methyl sites for hydroxylation is 2. The molecule has 0 aliphatic carbocycles. The first-order chi connectivity index (χ1) is 9.71. The van der Waals surface area contributed by atoms with E-state index in [1.54, 1.807) is 13.0 Å². The van der Waals surface area contributed by atoms with Crippen LogP contribution in [0.4, 0.5) is 17.6 Å². The van der Waals surface area contributed by atoms with Gasteiger partial charge in [-0.15, -0.1) is 0 Å². The van der Waals surface area contributed by atoms with Crippen molar-refractivity contribution in [3.63, 3.8) is 0 Å². The minimum Gasteiger partial charge on any atom is -0.288 e. The molecule has 0 aliphatic rings. The first-order valence-corrected chi connectivity index (χ1v) is 6.19. The summed E-state index contributed by atoms with van der Waals surface area (Å²) < 4.78 is 52.8. The maximum Gasteiger partial charge on any atom is 0.417 e. The summed E-state index contributed by atoms with van der Waals surface area (Å²) in [7, 11) is 0. The van der Waals surface area contributed by atoms with Crippen molar-refractivity contribution in [2.75, 3.05) is 0 Å². The number of halogens is 4. The number of alkyl halides is 3. The SMILES string of the molecule is Cc1cc(C)c(C(=O)c2ccccc2C(F)(F)F)c(F)c1. The Balaban J connectivity index is 2.62. The molecule has 0 fully saturated rings. The van der Waals surface area contributed by atoms with E-state index in [9.17, 15) is 22.4 Å². The van der Waals surface area contributed by atoms with Crippen LogP contribution in [-0.4, -0.2) is 5.78 Å². The highest BCUT2D eigenvalue weighted by atomic mass is 19.4. The Morgan fingerprint density at radius 3 is 2.24 bits per heavy atom. The van der Waals surface area contributed by atoms with Crippen LogP contribution in [0, 0.1) is 19.7 Å². The van der Waals surface area contributed by atoms with E-state index in [2.05, 4.69) is 0 Å². The fourth-order valence-electron chi connectivity index (χ4n) is 2.27. The molecule has 0 saturated carbocycles. The summed E-state index contributed by atoms with van der Waals surface area (Å²) in [5.41, 5.74) is -1.01. The molecule has 0 aromatic heterocycles. The van der Waals surface area contributed by atoms with Gasteiger partial charge in [-0.05, 0) is 37.1 Å². The van der Waals surface area contributed by atoms with Crippen LogP contribution in [0.1, 0.15) is 32.6 Å². The molecule has 0 bridgehead atoms. The first kappa shape index (κ1) is 15.2. The molecule has 0 atom stereocenters. The molecule has 0 aliphatic heterocycles. The summed E-state index contributed by atoms with van der Waals surface area (Å²) in [6.07, 6.45) is -4.67. The Morgan fingerprint density at radius 1 is 1.05 bits per heavy atom. The molecular formula is C16H12F4O. The van der Waals surface area contributed by atoms with Gasteiger partial charge in [0.15, 0.2) is 5.78 Å². The molecule has 1 nitrogen and oxygen atoms in total. The number of carbonyl (C=O) groups is 1. The lowest BCUT2D eigenvalue weighted by Gasteiger charge is -2.13. The second-order valence-corrected chi connectivity index (χ2v) is 4.81. The van der Waals surface area contributed by atoms with E-state index >= 15 is 0 Å². The van der Waals surface area contributed by atoms with Gasteiger partial charge < -0.3 is 0 Å². The fourth-order valence-corrected chi connectivity index (χ4v) is 2.27. The highest BCUT2D eigenvalue weighted by Gasteiger charge is 2.35. The summed E-state index contributed by atoms with van der Waals surface area (Å²) in [5, 5.41) is 0. The molecule has 0 radical (unpaired) electrons. The first-order valence-electron chi connectivity index (χ1n) is 6.19. The quantitative estimate of drug-likeness (QED) is 0.580. The Labute approximate surface area is 119 Å². The lowest BCUT2D eigenvalue weighted by atomic mass is 9.94. The van der Waals surface area contributed by atoms with Gasteiger partial charge in [0, 0.05) is 5.56 Å². The largest absolute Gasteiger partial charge is 0.417 e. The summed E-state index contributed by atoms with van der Waals surface area (Å²) in [6.45, 7) is 3.15. The third-order valence-corrected chi connectivity index (χ3v) is 3.14. The molecule has 2 aromatic carbocycles. The normalized spacial score (nSPS) is 11.5. The number of benzene rings is 2. The van der Waals surface area contributed by atoms with Crippen molar-refractivity contribution in [1.29, 1.82) is 0 Å². The van der Waals surface area contributed by atoms with Gasteiger partial charge in [0.1, 0.15) is 5.82 Å². The van der Waals surface area contributed by atoms with Gasteiger partial charge in [-0.25, -0.2) is 4.39 Å². The third kappa shape index (κ3) is 2.96. The number of hydrogen-bond donors (Lipinski definition) is 0. The van der Waals surface area contributed by atoms with Crippen molar-refractivity contribution in [3.05, 3.63) is 70.0 Å². The van der Waals surface area contributed by atoms with Gasteiger partial charge in [-0.2, -0.15) is 13.2 Å². The van der Waals surface area contributed by atoms with Crippen LogP contribution >= 0.6 is 0 Å². The molecule has 0 spiro atoms. The van der Waals surface area contributed by atoms with Crippen molar-refractivity contribution < 1.29 is 22.4 Å². The fraction of sp³-hybridized carbons (Fsp3) is 0.188. The maximum atomic E-state index is 14.0. The summed E-state index contributed by atoms with van der Waals surface area (Å²) in [6, 6.07) is 7.09. The minimum atomic E-state index is -4.67. The standard InChI is InChI=1S/C16H12F4O/c1-9-7-10(2)14(13(17)8-9)15(21)11-5-3-4-6-12(11)16(18,19)20/h3-8H,1-2H3. The third-order valence-electron chi connectivity index (χ3n) is 3.14. The smallest absolute Gasteiger partial charge is 0.288 e. The minimum absolute atomic E-state index is 0.314. The van der Waals surface area contributed by atoms with E-state index < -0.39 is 28.9 Å². The van der Waals surface area contributed by atoms with Crippen LogP contribution in [0.15, 0.2) is 36.4 Å². The van der Waals surface area contributed by atoms with Crippen molar-refractivity contribution >= 4 is 5.78 Å². The van der Waals surface area contributed by atoms with Crippen LogP contribution < -0.4 is 0 Å². The number of ketones is 1. The second kappa shape index (κ2) is 5.31. The van der Waals surface area contributed by atoms with Gasteiger partial charge in [-0.1, -0.05) is 24.3 Å². The zero-order valence-corrected chi connectivity index (χ0v) is 11.4. The van der Waals surface area contributed by atoms with Crippen LogP contribution in [0.5, 0.6) is 0 Å². The van der Waals surface area contributed by atoms with Crippen LogP contribution in [0.25, 0.3) is 0 Å². The van der Waals surface area contributed by atoms with Crippen molar-refractivity contribution in [2.24, 2.45) is 0 Å². The molecule has 0 unspecified atom stereocenters. The molecule has 0 saturated heterocycles. The molecule has 0 amide bonds. The lowest BCUT2D eigenvalue weighted by Crippen LogP contribution is -2.15. The van der Waals surface area contributed by atoms with Gasteiger partial charge in [-0.3, -0.25) is 4.79 Å². The van der Waals surface area contributed by atoms with Gasteiger partial charge in [0.2, 0.25) is 0 Å². The monoisotopic (exact) mass is 296 g/mol. The zero-order valence-electron chi connectivity index (χ0n) is 11.4. The summed E-state index contributed by atoms with van der Waals surface area (Å²) in [5.74, 6) is -1.77. The van der Waals surface area contributed by atoms with E-state index in [1.807, 2.05) is 0 Å².